The average Bonchev–Trinajstić information content (AvgIpc) is 2.56. The van der Waals surface area contributed by atoms with Gasteiger partial charge in [-0.05, 0) is 25.2 Å². The Hall–Kier alpha value is -0.370. The first-order chi connectivity index (χ1) is 4.92. The van der Waals surface area contributed by atoms with Crippen molar-refractivity contribution in [2.24, 2.45) is 11.8 Å². The summed E-state index contributed by atoms with van der Waals surface area (Å²) in [4.78, 5) is 10.3. The predicted molar refractivity (Wildman–Crippen MR) is 36.6 cm³/mol. The van der Waals surface area contributed by atoms with E-state index in [-0.39, 0.29) is 0 Å². The standard InChI is InChI=1S/C8H12O2/c9-5-6-4-7(6)8-2-1-3-10-8/h5-8H,1-4H2/t6-,7-,8+/m0/s1. The quantitative estimate of drug-likeness (QED) is 0.535. The van der Waals surface area contributed by atoms with Crippen molar-refractivity contribution in [1.29, 1.82) is 0 Å². The molecule has 1 heterocycles. The van der Waals surface area contributed by atoms with Gasteiger partial charge < -0.3 is 9.53 Å². The van der Waals surface area contributed by atoms with Gasteiger partial charge in [0.15, 0.2) is 0 Å². The van der Waals surface area contributed by atoms with Gasteiger partial charge >= 0.3 is 0 Å². The second-order valence-electron chi connectivity index (χ2n) is 3.25. The summed E-state index contributed by atoms with van der Waals surface area (Å²) in [7, 11) is 0. The molecule has 2 fully saturated rings. The van der Waals surface area contributed by atoms with Crippen LogP contribution in [-0.2, 0) is 9.53 Å². The Bertz CT molecular complexity index is 138. The molecule has 0 unspecified atom stereocenters. The molecule has 0 amide bonds. The van der Waals surface area contributed by atoms with Crippen LogP contribution in [0.5, 0.6) is 0 Å². The van der Waals surface area contributed by atoms with E-state index in [0.717, 1.165) is 19.3 Å². The van der Waals surface area contributed by atoms with Gasteiger partial charge in [0, 0.05) is 12.5 Å². The van der Waals surface area contributed by atoms with Crippen molar-refractivity contribution in [3.63, 3.8) is 0 Å². The van der Waals surface area contributed by atoms with Crippen molar-refractivity contribution < 1.29 is 9.53 Å². The van der Waals surface area contributed by atoms with Gasteiger partial charge in [-0.25, -0.2) is 0 Å². The van der Waals surface area contributed by atoms with Gasteiger partial charge in [-0.3, -0.25) is 0 Å². The second-order valence-corrected chi connectivity index (χ2v) is 3.25. The average molecular weight is 140 g/mol. The van der Waals surface area contributed by atoms with Crippen LogP contribution < -0.4 is 0 Å². The molecule has 0 spiro atoms. The highest BCUT2D eigenvalue weighted by Gasteiger charge is 2.44. The lowest BCUT2D eigenvalue weighted by molar-refractivity contribution is -0.109. The SMILES string of the molecule is O=C[C@@H]1C[C@@H]1[C@H]1CCCO1. The lowest BCUT2D eigenvalue weighted by Crippen LogP contribution is -2.08. The van der Waals surface area contributed by atoms with Gasteiger partial charge in [0.25, 0.3) is 0 Å². The van der Waals surface area contributed by atoms with Crippen molar-refractivity contribution >= 4 is 6.29 Å². The smallest absolute Gasteiger partial charge is 0.123 e. The van der Waals surface area contributed by atoms with Gasteiger partial charge in [0.05, 0.1) is 6.10 Å². The Labute approximate surface area is 60.6 Å². The third kappa shape index (κ3) is 0.966. The zero-order valence-corrected chi connectivity index (χ0v) is 5.95. The normalized spacial score (nSPS) is 45.4. The molecular formula is C8H12O2. The third-order valence-corrected chi connectivity index (χ3v) is 2.51. The fraction of sp³-hybridized carbons (Fsp3) is 0.875. The molecule has 2 heteroatoms. The molecule has 56 valence electrons. The van der Waals surface area contributed by atoms with Crippen LogP contribution >= 0.6 is 0 Å². The molecule has 1 saturated carbocycles. The summed E-state index contributed by atoms with van der Waals surface area (Å²) < 4.78 is 5.45. The molecule has 0 aromatic rings. The van der Waals surface area contributed by atoms with Crippen LogP contribution in [0.15, 0.2) is 0 Å². The number of ether oxygens (including phenoxy) is 1. The maximum Gasteiger partial charge on any atom is 0.123 e. The minimum atomic E-state index is 0.336. The molecule has 10 heavy (non-hydrogen) atoms. The van der Waals surface area contributed by atoms with Gasteiger partial charge in [-0.15, -0.1) is 0 Å². The summed E-state index contributed by atoms with van der Waals surface area (Å²) in [5.41, 5.74) is 0. The van der Waals surface area contributed by atoms with Gasteiger partial charge in [0.1, 0.15) is 6.29 Å². The number of aldehydes is 1. The number of hydrogen-bond acceptors (Lipinski definition) is 2. The van der Waals surface area contributed by atoms with E-state index in [0.29, 0.717) is 17.9 Å². The first-order valence-electron chi connectivity index (χ1n) is 3.98. The van der Waals surface area contributed by atoms with E-state index >= 15 is 0 Å². The number of carbonyl (C=O) groups excluding carboxylic acids is 1. The fourth-order valence-corrected chi connectivity index (χ4v) is 1.76. The summed E-state index contributed by atoms with van der Waals surface area (Å²) in [6.07, 6.45) is 4.94. The van der Waals surface area contributed by atoms with E-state index in [1.54, 1.807) is 0 Å². The summed E-state index contributed by atoms with van der Waals surface area (Å²) in [5.74, 6) is 0.920. The molecule has 0 bridgehead atoms. The predicted octanol–water partition coefficient (Wildman–Crippen LogP) is 1.00. The third-order valence-electron chi connectivity index (χ3n) is 2.51. The number of rotatable bonds is 2. The zero-order valence-electron chi connectivity index (χ0n) is 5.95. The summed E-state index contributed by atoms with van der Waals surface area (Å²) in [6.45, 7) is 0.909. The molecule has 1 aliphatic heterocycles. The van der Waals surface area contributed by atoms with Crippen molar-refractivity contribution in [2.75, 3.05) is 6.61 Å². The molecule has 2 aliphatic rings. The van der Waals surface area contributed by atoms with E-state index in [2.05, 4.69) is 0 Å². The van der Waals surface area contributed by atoms with Gasteiger partial charge in [-0.2, -0.15) is 0 Å². The highest BCUT2D eigenvalue weighted by atomic mass is 16.5. The van der Waals surface area contributed by atoms with E-state index in [1.807, 2.05) is 0 Å². The number of hydrogen-bond donors (Lipinski definition) is 0. The minimum absolute atomic E-state index is 0.336. The van der Waals surface area contributed by atoms with E-state index in [1.165, 1.54) is 12.8 Å². The molecule has 2 nitrogen and oxygen atoms in total. The molecule has 3 atom stereocenters. The highest BCUT2D eigenvalue weighted by Crippen LogP contribution is 2.43. The van der Waals surface area contributed by atoms with Crippen molar-refractivity contribution in [3.05, 3.63) is 0 Å². The van der Waals surface area contributed by atoms with Crippen LogP contribution in [0.25, 0.3) is 0 Å². The van der Waals surface area contributed by atoms with E-state index in [9.17, 15) is 4.79 Å². The largest absolute Gasteiger partial charge is 0.378 e. The Morgan fingerprint density at radius 1 is 1.50 bits per heavy atom. The molecule has 1 aliphatic carbocycles. The molecule has 1 saturated heterocycles. The van der Waals surface area contributed by atoms with Gasteiger partial charge in [-0.1, -0.05) is 0 Å². The topological polar surface area (TPSA) is 26.3 Å². The lowest BCUT2D eigenvalue weighted by atomic mass is 10.1. The second kappa shape index (κ2) is 2.35. The lowest BCUT2D eigenvalue weighted by Gasteiger charge is -2.05. The van der Waals surface area contributed by atoms with E-state index in [4.69, 9.17) is 4.74 Å². The summed E-state index contributed by atoms with van der Waals surface area (Å²) in [5, 5.41) is 0. The summed E-state index contributed by atoms with van der Waals surface area (Å²) in [6, 6.07) is 0. The minimum Gasteiger partial charge on any atom is -0.378 e. The first kappa shape index (κ1) is 6.35. The molecule has 0 radical (unpaired) electrons. The Kier molecular flexibility index (Phi) is 1.49. The molecule has 0 aromatic heterocycles. The van der Waals surface area contributed by atoms with Gasteiger partial charge in [0.2, 0.25) is 0 Å². The van der Waals surface area contributed by atoms with Crippen molar-refractivity contribution in [3.8, 4) is 0 Å². The van der Waals surface area contributed by atoms with Crippen LogP contribution in [-0.4, -0.2) is 19.0 Å². The fourth-order valence-electron chi connectivity index (χ4n) is 1.76. The summed E-state index contributed by atoms with van der Waals surface area (Å²) >= 11 is 0. The Morgan fingerprint density at radius 3 is 2.90 bits per heavy atom. The maximum atomic E-state index is 10.3. The van der Waals surface area contributed by atoms with Crippen LogP contribution in [0.2, 0.25) is 0 Å². The van der Waals surface area contributed by atoms with Crippen molar-refractivity contribution in [1.82, 2.24) is 0 Å². The maximum absolute atomic E-state index is 10.3. The van der Waals surface area contributed by atoms with Crippen LogP contribution in [0.1, 0.15) is 19.3 Å². The van der Waals surface area contributed by atoms with Crippen molar-refractivity contribution in [2.45, 2.75) is 25.4 Å². The molecular weight excluding hydrogens is 128 g/mol. The van der Waals surface area contributed by atoms with Crippen LogP contribution in [0, 0.1) is 11.8 Å². The zero-order chi connectivity index (χ0) is 6.97. The first-order valence-corrected chi connectivity index (χ1v) is 3.98. The monoisotopic (exact) mass is 140 g/mol. The van der Waals surface area contributed by atoms with Crippen LogP contribution in [0.4, 0.5) is 0 Å². The van der Waals surface area contributed by atoms with Crippen LogP contribution in [0.3, 0.4) is 0 Å². The Morgan fingerprint density at radius 2 is 2.40 bits per heavy atom. The number of carbonyl (C=O) groups is 1. The molecule has 2 rings (SSSR count). The molecule has 0 aromatic carbocycles. The highest BCUT2D eigenvalue weighted by molar-refractivity contribution is 5.58. The molecule has 0 N–H and O–H groups in total. The Balaban J connectivity index is 1.84. The van der Waals surface area contributed by atoms with E-state index < -0.39 is 0 Å².